The fourth-order valence-corrected chi connectivity index (χ4v) is 5.48. The first-order valence-corrected chi connectivity index (χ1v) is 11.2. The fraction of sp³-hybridized carbons (Fsp3) is 0.400. The van der Waals surface area contributed by atoms with Crippen LogP contribution >= 0.6 is 0 Å². The molecule has 2 aromatic carbocycles. The highest BCUT2D eigenvalue weighted by Gasteiger charge is 2.50. The second-order valence-corrected chi connectivity index (χ2v) is 9.07. The van der Waals surface area contributed by atoms with E-state index in [9.17, 15) is 18.8 Å². The Bertz CT molecular complexity index is 1090. The molecular formula is C25H26FN3O3. The van der Waals surface area contributed by atoms with Gasteiger partial charge in [0.25, 0.3) is 5.91 Å². The number of nitrogens with zero attached hydrogens (tertiary/aromatic N) is 2. The van der Waals surface area contributed by atoms with Gasteiger partial charge in [-0.2, -0.15) is 0 Å². The molecule has 6 nitrogen and oxygen atoms in total. The molecule has 0 aliphatic carbocycles. The molecule has 2 atom stereocenters. The van der Waals surface area contributed by atoms with Gasteiger partial charge in [-0.05, 0) is 42.2 Å². The average molecular weight is 435 g/mol. The predicted molar refractivity (Wildman–Crippen MR) is 116 cm³/mol. The number of hydrogen-bond acceptors (Lipinski definition) is 3. The molecule has 0 bridgehead atoms. The van der Waals surface area contributed by atoms with Crippen LogP contribution in [0.4, 0.5) is 4.39 Å². The minimum atomic E-state index is -0.571. The van der Waals surface area contributed by atoms with Crippen LogP contribution in [0.1, 0.15) is 53.1 Å². The molecule has 3 heterocycles. The Labute approximate surface area is 186 Å². The minimum Gasteiger partial charge on any atom is -0.348 e. The lowest BCUT2D eigenvalue weighted by molar-refractivity contribution is -0.131. The largest absolute Gasteiger partial charge is 0.348 e. The molecular weight excluding hydrogens is 409 g/mol. The first kappa shape index (κ1) is 20.7. The summed E-state index contributed by atoms with van der Waals surface area (Å²) in [5, 5.41) is 3.14. The van der Waals surface area contributed by atoms with Crippen molar-refractivity contribution in [2.45, 2.75) is 43.7 Å². The number of rotatable bonds is 4. The highest BCUT2D eigenvalue weighted by molar-refractivity contribution is 5.98. The summed E-state index contributed by atoms with van der Waals surface area (Å²) in [5.74, 6) is -0.594. The maximum Gasteiger partial charge on any atom is 0.254 e. The van der Waals surface area contributed by atoms with Crippen LogP contribution in [0.25, 0.3) is 0 Å². The van der Waals surface area contributed by atoms with Crippen LogP contribution in [0.15, 0.2) is 48.5 Å². The van der Waals surface area contributed by atoms with E-state index in [0.29, 0.717) is 38.2 Å². The zero-order valence-electron chi connectivity index (χ0n) is 17.9. The number of fused-ring (bicyclic) bond motifs is 1. The number of halogens is 1. The molecule has 7 heteroatoms. The van der Waals surface area contributed by atoms with Gasteiger partial charge in [0, 0.05) is 50.5 Å². The van der Waals surface area contributed by atoms with E-state index in [2.05, 4.69) is 5.32 Å². The third kappa shape index (κ3) is 3.66. The maximum absolute atomic E-state index is 13.9. The molecule has 2 saturated heterocycles. The standard InChI is InChI=1S/C25H26FN3O3/c26-19-7-3-6-17(13-19)21-15-29(16-25(21)11-4-9-22(30)27-25)23(31)10-12-28-14-18-5-1-2-8-20(18)24(28)32/h1-3,5-8,13,21H,4,9-12,14-16H2,(H,27,30)/t21-,25+/m0/s1. The SMILES string of the molecule is O=C1CCC[C@]2(CN(C(=O)CCN3Cc4ccccc4C3=O)C[C@H]2c2cccc(F)c2)N1. The summed E-state index contributed by atoms with van der Waals surface area (Å²) in [7, 11) is 0. The summed E-state index contributed by atoms with van der Waals surface area (Å²) < 4.78 is 13.9. The fourth-order valence-electron chi connectivity index (χ4n) is 5.48. The van der Waals surface area contributed by atoms with Gasteiger partial charge in [-0.3, -0.25) is 14.4 Å². The van der Waals surface area contributed by atoms with E-state index < -0.39 is 5.54 Å². The first-order chi connectivity index (χ1) is 15.4. The highest BCUT2D eigenvalue weighted by atomic mass is 19.1. The van der Waals surface area contributed by atoms with Gasteiger partial charge in [0.1, 0.15) is 5.82 Å². The molecule has 2 aromatic rings. The molecule has 2 fully saturated rings. The summed E-state index contributed by atoms with van der Waals surface area (Å²) >= 11 is 0. The molecule has 1 N–H and O–H groups in total. The van der Waals surface area contributed by atoms with E-state index in [1.807, 2.05) is 30.3 Å². The molecule has 3 amide bonds. The molecule has 0 saturated carbocycles. The number of benzene rings is 2. The van der Waals surface area contributed by atoms with Crippen LogP contribution in [0, 0.1) is 5.82 Å². The Morgan fingerprint density at radius 2 is 2.00 bits per heavy atom. The summed E-state index contributed by atoms with van der Waals surface area (Å²) in [5.41, 5.74) is 1.92. The van der Waals surface area contributed by atoms with Crippen molar-refractivity contribution in [3.8, 4) is 0 Å². The van der Waals surface area contributed by atoms with Crippen molar-refractivity contribution in [3.05, 3.63) is 71.0 Å². The molecule has 0 unspecified atom stereocenters. The van der Waals surface area contributed by atoms with Crippen LogP contribution in [-0.2, 0) is 16.1 Å². The van der Waals surface area contributed by atoms with Gasteiger partial charge in [0.2, 0.25) is 11.8 Å². The Balaban J connectivity index is 1.30. The Kier molecular flexibility index (Phi) is 5.19. The van der Waals surface area contributed by atoms with Crippen molar-refractivity contribution >= 4 is 17.7 Å². The molecule has 5 rings (SSSR count). The number of hydrogen-bond donors (Lipinski definition) is 1. The van der Waals surface area contributed by atoms with Gasteiger partial charge in [-0.25, -0.2) is 4.39 Å². The van der Waals surface area contributed by atoms with Gasteiger partial charge >= 0.3 is 0 Å². The third-order valence-corrected chi connectivity index (χ3v) is 7.05. The lowest BCUT2D eigenvalue weighted by Crippen LogP contribution is -2.56. The van der Waals surface area contributed by atoms with Gasteiger partial charge in [0.05, 0.1) is 5.54 Å². The van der Waals surface area contributed by atoms with Crippen molar-refractivity contribution in [2.75, 3.05) is 19.6 Å². The lowest BCUT2D eigenvalue weighted by atomic mass is 9.76. The zero-order chi connectivity index (χ0) is 22.3. The maximum atomic E-state index is 13.9. The summed E-state index contributed by atoms with van der Waals surface area (Å²) in [6, 6.07) is 14.0. The van der Waals surface area contributed by atoms with Gasteiger partial charge in [-0.15, -0.1) is 0 Å². The van der Waals surface area contributed by atoms with Crippen molar-refractivity contribution in [3.63, 3.8) is 0 Å². The quantitative estimate of drug-likeness (QED) is 0.803. The summed E-state index contributed by atoms with van der Waals surface area (Å²) in [6.07, 6.45) is 2.20. The van der Waals surface area contributed by atoms with E-state index in [4.69, 9.17) is 0 Å². The van der Waals surface area contributed by atoms with Crippen molar-refractivity contribution < 1.29 is 18.8 Å². The second-order valence-electron chi connectivity index (χ2n) is 9.07. The number of carbonyl (C=O) groups is 3. The van der Waals surface area contributed by atoms with Gasteiger partial charge < -0.3 is 15.1 Å². The first-order valence-electron chi connectivity index (χ1n) is 11.2. The lowest BCUT2D eigenvalue weighted by Gasteiger charge is -2.39. The normalized spacial score (nSPS) is 24.7. The van der Waals surface area contributed by atoms with E-state index in [1.165, 1.54) is 12.1 Å². The molecule has 1 spiro atoms. The topological polar surface area (TPSA) is 69.7 Å². The predicted octanol–water partition coefficient (Wildman–Crippen LogP) is 2.84. The van der Waals surface area contributed by atoms with E-state index in [-0.39, 0.29) is 35.9 Å². The number of nitrogens with one attached hydrogen (secondary N) is 1. The highest BCUT2D eigenvalue weighted by Crippen LogP contribution is 2.41. The monoisotopic (exact) mass is 435 g/mol. The Hall–Kier alpha value is -3.22. The molecule has 166 valence electrons. The minimum absolute atomic E-state index is 0.0209. The Morgan fingerprint density at radius 3 is 2.78 bits per heavy atom. The van der Waals surface area contributed by atoms with Crippen molar-refractivity contribution in [1.82, 2.24) is 15.1 Å². The van der Waals surface area contributed by atoms with Gasteiger partial charge in [-0.1, -0.05) is 30.3 Å². The van der Waals surface area contributed by atoms with Crippen LogP contribution in [0.2, 0.25) is 0 Å². The van der Waals surface area contributed by atoms with Crippen LogP contribution in [-0.4, -0.2) is 52.7 Å². The molecule has 0 radical (unpaired) electrons. The Morgan fingerprint density at radius 1 is 1.16 bits per heavy atom. The van der Waals surface area contributed by atoms with Crippen LogP contribution in [0.3, 0.4) is 0 Å². The van der Waals surface area contributed by atoms with Crippen molar-refractivity contribution in [1.29, 1.82) is 0 Å². The number of likely N-dealkylation sites (tertiary alicyclic amines) is 1. The molecule has 3 aliphatic heterocycles. The van der Waals surface area contributed by atoms with E-state index in [0.717, 1.165) is 24.0 Å². The molecule has 32 heavy (non-hydrogen) atoms. The number of piperidine rings is 1. The summed E-state index contributed by atoms with van der Waals surface area (Å²) in [6.45, 7) is 1.71. The van der Waals surface area contributed by atoms with Crippen molar-refractivity contribution in [2.24, 2.45) is 0 Å². The third-order valence-electron chi connectivity index (χ3n) is 7.05. The van der Waals surface area contributed by atoms with E-state index in [1.54, 1.807) is 15.9 Å². The zero-order valence-corrected chi connectivity index (χ0v) is 17.9. The molecule has 3 aliphatic rings. The average Bonchev–Trinajstić information content (AvgIpc) is 3.30. The van der Waals surface area contributed by atoms with Crippen LogP contribution < -0.4 is 5.32 Å². The number of carbonyl (C=O) groups excluding carboxylic acids is 3. The van der Waals surface area contributed by atoms with Crippen LogP contribution in [0.5, 0.6) is 0 Å². The van der Waals surface area contributed by atoms with E-state index >= 15 is 0 Å². The smallest absolute Gasteiger partial charge is 0.254 e. The summed E-state index contributed by atoms with van der Waals surface area (Å²) in [4.78, 5) is 41.5. The molecule has 0 aromatic heterocycles. The second kappa shape index (κ2) is 8.04. The number of amides is 3. The van der Waals surface area contributed by atoms with Gasteiger partial charge in [0.15, 0.2) is 0 Å².